The Labute approximate surface area is 139 Å². The van der Waals surface area contributed by atoms with Gasteiger partial charge in [0.2, 0.25) is 0 Å². The molecule has 6 nitrogen and oxygen atoms in total. The first-order valence-corrected chi connectivity index (χ1v) is 7.41. The van der Waals surface area contributed by atoms with E-state index in [0.717, 1.165) is 16.6 Å². The van der Waals surface area contributed by atoms with Crippen LogP contribution in [0.15, 0.2) is 48.8 Å². The molecule has 1 N–H and O–H groups in total. The Morgan fingerprint density at radius 1 is 1.00 bits per heavy atom. The number of methoxy groups -OCH3 is 2. The zero-order valence-electron chi connectivity index (χ0n) is 13.4. The number of carbonyl (C=O) groups excluding carboxylic acids is 1. The van der Waals surface area contributed by atoms with Crippen molar-refractivity contribution in [2.75, 3.05) is 14.2 Å². The summed E-state index contributed by atoms with van der Waals surface area (Å²) in [4.78, 5) is 21.0. The monoisotopic (exact) mass is 323 g/mol. The van der Waals surface area contributed by atoms with Crippen LogP contribution in [0, 0.1) is 0 Å². The zero-order valence-corrected chi connectivity index (χ0v) is 13.4. The van der Waals surface area contributed by atoms with Gasteiger partial charge in [0.15, 0.2) is 0 Å². The van der Waals surface area contributed by atoms with Gasteiger partial charge in [0.25, 0.3) is 5.91 Å². The number of nitrogens with one attached hydrogen (secondary N) is 1. The van der Waals surface area contributed by atoms with E-state index >= 15 is 0 Å². The van der Waals surface area contributed by atoms with Crippen LogP contribution in [0.5, 0.6) is 11.5 Å². The van der Waals surface area contributed by atoms with Crippen LogP contribution in [0.25, 0.3) is 11.0 Å². The summed E-state index contributed by atoms with van der Waals surface area (Å²) >= 11 is 0. The molecule has 0 radical (unpaired) electrons. The molecule has 24 heavy (non-hydrogen) atoms. The first-order valence-electron chi connectivity index (χ1n) is 7.41. The van der Waals surface area contributed by atoms with Gasteiger partial charge in [-0.3, -0.25) is 14.8 Å². The largest absolute Gasteiger partial charge is 0.496 e. The van der Waals surface area contributed by atoms with Gasteiger partial charge in [-0.2, -0.15) is 0 Å². The fraction of sp³-hybridized carbons (Fsp3) is 0.167. The van der Waals surface area contributed by atoms with E-state index in [0.29, 0.717) is 23.6 Å². The highest BCUT2D eigenvalue weighted by molar-refractivity contribution is 5.99. The lowest BCUT2D eigenvalue weighted by molar-refractivity contribution is 0.0944. The van der Waals surface area contributed by atoms with Crippen molar-refractivity contribution in [3.8, 4) is 11.5 Å². The van der Waals surface area contributed by atoms with Gasteiger partial charge >= 0.3 is 0 Å². The fourth-order valence-corrected chi connectivity index (χ4v) is 2.46. The standard InChI is InChI=1S/C18H17N3O3/c1-23-15-4-3-5-16(24-2)17(15)18(22)21-11-12-6-7-13-14(10-12)20-9-8-19-13/h3-10H,11H2,1-2H3,(H,21,22). The quantitative estimate of drug-likeness (QED) is 0.781. The third-order valence-corrected chi connectivity index (χ3v) is 3.64. The maximum absolute atomic E-state index is 12.5. The first kappa shape index (κ1) is 15.7. The maximum Gasteiger partial charge on any atom is 0.259 e. The van der Waals surface area contributed by atoms with Gasteiger partial charge in [-0.05, 0) is 29.8 Å². The molecule has 1 amide bonds. The van der Waals surface area contributed by atoms with Gasteiger partial charge in [0.1, 0.15) is 17.1 Å². The summed E-state index contributed by atoms with van der Waals surface area (Å²) in [5, 5.41) is 2.88. The van der Waals surface area contributed by atoms with E-state index in [2.05, 4.69) is 15.3 Å². The Kier molecular flexibility index (Phi) is 4.56. The molecular weight excluding hydrogens is 306 g/mol. The smallest absolute Gasteiger partial charge is 0.259 e. The lowest BCUT2D eigenvalue weighted by Gasteiger charge is -2.13. The van der Waals surface area contributed by atoms with E-state index in [1.807, 2.05) is 18.2 Å². The molecule has 0 fully saturated rings. The minimum absolute atomic E-state index is 0.261. The number of carbonyl (C=O) groups is 1. The number of ether oxygens (including phenoxy) is 2. The van der Waals surface area contributed by atoms with Crippen LogP contribution < -0.4 is 14.8 Å². The van der Waals surface area contributed by atoms with Crippen LogP contribution in [-0.2, 0) is 6.54 Å². The number of hydrogen-bond acceptors (Lipinski definition) is 5. The third kappa shape index (κ3) is 3.12. The molecule has 6 heteroatoms. The molecule has 1 aromatic heterocycles. The molecular formula is C18H17N3O3. The molecule has 0 bridgehead atoms. The fourth-order valence-electron chi connectivity index (χ4n) is 2.46. The van der Waals surface area contributed by atoms with Gasteiger partial charge in [-0.15, -0.1) is 0 Å². The number of hydrogen-bond donors (Lipinski definition) is 1. The second-order valence-corrected chi connectivity index (χ2v) is 5.10. The molecule has 0 unspecified atom stereocenters. The van der Waals surface area contributed by atoms with Crippen molar-refractivity contribution in [2.24, 2.45) is 0 Å². The Balaban J connectivity index is 1.80. The molecule has 0 aliphatic rings. The molecule has 122 valence electrons. The van der Waals surface area contributed by atoms with Crippen LogP contribution in [0.4, 0.5) is 0 Å². The predicted molar refractivity (Wildman–Crippen MR) is 90.3 cm³/mol. The van der Waals surface area contributed by atoms with Crippen LogP contribution in [0.3, 0.4) is 0 Å². The van der Waals surface area contributed by atoms with Crippen LogP contribution in [-0.4, -0.2) is 30.1 Å². The van der Waals surface area contributed by atoms with Gasteiger partial charge < -0.3 is 14.8 Å². The number of amides is 1. The van der Waals surface area contributed by atoms with E-state index in [1.165, 1.54) is 14.2 Å². The lowest BCUT2D eigenvalue weighted by atomic mass is 10.1. The molecule has 1 heterocycles. The summed E-state index contributed by atoms with van der Waals surface area (Å²) in [6.45, 7) is 0.368. The minimum atomic E-state index is -0.261. The Morgan fingerprint density at radius 2 is 1.67 bits per heavy atom. The molecule has 0 saturated heterocycles. The van der Waals surface area contributed by atoms with E-state index < -0.39 is 0 Å². The molecule has 3 rings (SSSR count). The van der Waals surface area contributed by atoms with Crippen molar-refractivity contribution in [2.45, 2.75) is 6.54 Å². The van der Waals surface area contributed by atoms with Crippen LogP contribution in [0.2, 0.25) is 0 Å². The normalized spacial score (nSPS) is 10.4. The van der Waals surface area contributed by atoms with Gasteiger partial charge in [-0.25, -0.2) is 0 Å². The van der Waals surface area contributed by atoms with Crippen molar-refractivity contribution in [1.82, 2.24) is 15.3 Å². The van der Waals surface area contributed by atoms with Crippen molar-refractivity contribution in [3.05, 3.63) is 59.9 Å². The first-order chi connectivity index (χ1) is 11.7. The Bertz CT molecular complexity index is 858. The number of rotatable bonds is 5. The molecule has 0 saturated carbocycles. The Hall–Kier alpha value is -3.15. The van der Waals surface area contributed by atoms with Crippen LogP contribution in [0.1, 0.15) is 15.9 Å². The van der Waals surface area contributed by atoms with Crippen molar-refractivity contribution in [3.63, 3.8) is 0 Å². The van der Waals surface area contributed by atoms with Crippen LogP contribution >= 0.6 is 0 Å². The van der Waals surface area contributed by atoms with Crippen molar-refractivity contribution < 1.29 is 14.3 Å². The summed E-state index contributed by atoms with van der Waals surface area (Å²) in [6, 6.07) is 10.9. The highest BCUT2D eigenvalue weighted by Gasteiger charge is 2.17. The summed E-state index contributed by atoms with van der Waals surface area (Å²) in [7, 11) is 3.04. The second-order valence-electron chi connectivity index (χ2n) is 5.10. The molecule has 0 aliphatic heterocycles. The summed E-state index contributed by atoms with van der Waals surface area (Å²) in [6.07, 6.45) is 3.29. The predicted octanol–water partition coefficient (Wildman–Crippen LogP) is 2.58. The summed E-state index contributed by atoms with van der Waals surface area (Å²) in [5.74, 6) is 0.677. The topological polar surface area (TPSA) is 73.3 Å². The summed E-state index contributed by atoms with van der Waals surface area (Å²) in [5.41, 5.74) is 2.92. The zero-order chi connectivity index (χ0) is 16.9. The highest BCUT2D eigenvalue weighted by atomic mass is 16.5. The third-order valence-electron chi connectivity index (χ3n) is 3.64. The van der Waals surface area contributed by atoms with E-state index in [1.54, 1.807) is 30.6 Å². The maximum atomic E-state index is 12.5. The molecule has 0 spiro atoms. The highest BCUT2D eigenvalue weighted by Crippen LogP contribution is 2.28. The van der Waals surface area contributed by atoms with Crippen molar-refractivity contribution >= 4 is 16.9 Å². The lowest BCUT2D eigenvalue weighted by Crippen LogP contribution is -2.24. The number of fused-ring (bicyclic) bond motifs is 1. The average molecular weight is 323 g/mol. The summed E-state index contributed by atoms with van der Waals surface area (Å²) < 4.78 is 10.5. The molecule has 3 aromatic rings. The SMILES string of the molecule is COc1cccc(OC)c1C(=O)NCc1ccc2nccnc2c1. The molecule has 2 aromatic carbocycles. The average Bonchev–Trinajstić information content (AvgIpc) is 2.65. The second kappa shape index (κ2) is 6.95. The number of nitrogens with zero attached hydrogens (tertiary/aromatic N) is 2. The number of aromatic nitrogens is 2. The van der Waals surface area contributed by atoms with E-state index in [-0.39, 0.29) is 5.91 Å². The number of benzene rings is 2. The van der Waals surface area contributed by atoms with Gasteiger partial charge in [0, 0.05) is 18.9 Å². The Morgan fingerprint density at radius 3 is 2.33 bits per heavy atom. The van der Waals surface area contributed by atoms with E-state index in [4.69, 9.17) is 9.47 Å². The van der Waals surface area contributed by atoms with Crippen molar-refractivity contribution in [1.29, 1.82) is 0 Å². The molecule has 0 aliphatic carbocycles. The molecule has 0 atom stereocenters. The van der Waals surface area contributed by atoms with E-state index in [9.17, 15) is 4.79 Å². The van der Waals surface area contributed by atoms with Gasteiger partial charge in [0.05, 0.1) is 25.3 Å². The van der Waals surface area contributed by atoms with Gasteiger partial charge in [-0.1, -0.05) is 12.1 Å². The minimum Gasteiger partial charge on any atom is -0.496 e.